The van der Waals surface area contributed by atoms with Crippen molar-refractivity contribution >= 4 is 54.0 Å². The highest BCUT2D eigenvalue weighted by atomic mass is 79.9. The summed E-state index contributed by atoms with van der Waals surface area (Å²) >= 11 is 6.84. The van der Waals surface area contributed by atoms with Crippen molar-refractivity contribution in [3.05, 3.63) is 20.3 Å². The molecule has 5 heteroatoms. The highest BCUT2D eigenvalue weighted by molar-refractivity contribution is 9.10. The molecule has 2 heterocycles. The van der Waals surface area contributed by atoms with Gasteiger partial charge in [-0.25, -0.2) is 4.79 Å². The van der Waals surface area contributed by atoms with E-state index >= 15 is 0 Å². The quantitative estimate of drug-likeness (QED) is 0.437. The first-order valence-electron chi connectivity index (χ1n) is 7.04. The SMILES string of the molecule is CCCCCCc1c(C(=O)OCC)sc2c(Br)csc12. The molecule has 0 saturated carbocycles. The van der Waals surface area contributed by atoms with Crippen LogP contribution in [0.15, 0.2) is 9.85 Å². The second-order valence-electron chi connectivity index (χ2n) is 4.68. The summed E-state index contributed by atoms with van der Waals surface area (Å²) in [5, 5.41) is 2.10. The van der Waals surface area contributed by atoms with E-state index in [9.17, 15) is 4.79 Å². The molecule has 110 valence electrons. The van der Waals surface area contributed by atoms with E-state index in [0.29, 0.717) is 6.61 Å². The minimum absolute atomic E-state index is 0.168. The largest absolute Gasteiger partial charge is 0.462 e. The maximum Gasteiger partial charge on any atom is 0.348 e. The van der Waals surface area contributed by atoms with E-state index in [1.54, 1.807) is 22.7 Å². The fraction of sp³-hybridized carbons (Fsp3) is 0.533. The normalized spacial score (nSPS) is 11.2. The van der Waals surface area contributed by atoms with Gasteiger partial charge in [-0.1, -0.05) is 26.2 Å². The fourth-order valence-electron chi connectivity index (χ4n) is 2.21. The van der Waals surface area contributed by atoms with Crippen LogP contribution in [0.3, 0.4) is 0 Å². The number of hydrogen-bond acceptors (Lipinski definition) is 4. The van der Waals surface area contributed by atoms with E-state index in [1.165, 1.54) is 34.2 Å². The molecule has 0 aliphatic carbocycles. The number of fused-ring (bicyclic) bond motifs is 1. The number of carbonyl (C=O) groups excluding carboxylic acids is 1. The van der Waals surface area contributed by atoms with Crippen LogP contribution in [0.2, 0.25) is 0 Å². The van der Waals surface area contributed by atoms with E-state index in [4.69, 9.17) is 4.74 Å². The zero-order valence-corrected chi connectivity index (χ0v) is 15.0. The maximum atomic E-state index is 12.1. The molecule has 0 aromatic carbocycles. The molecule has 2 aromatic heterocycles. The minimum Gasteiger partial charge on any atom is -0.462 e. The van der Waals surface area contributed by atoms with Crippen LogP contribution >= 0.6 is 38.6 Å². The molecule has 20 heavy (non-hydrogen) atoms. The molecule has 2 nitrogen and oxygen atoms in total. The molecule has 0 aliphatic heterocycles. The van der Waals surface area contributed by atoms with Gasteiger partial charge in [0.1, 0.15) is 4.88 Å². The molecule has 2 rings (SSSR count). The van der Waals surface area contributed by atoms with Crippen LogP contribution in [0, 0.1) is 0 Å². The van der Waals surface area contributed by atoms with Crippen molar-refractivity contribution in [3.8, 4) is 0 Å². The summed E-state index contributed by atoms with van der Waals surface area (Å²) in [4.78, 5) is 12.9. The van der Waals surface area contributed by atoms with E-state index in [-0.39, 0.29) is 5.97 Å². The third-order valence-electron chi connectivity index (χ3n) is 3.20. The first-order chi connectivity index (χ1) is 9.69. The third-order valence-corrected chi connectivity index (χ3v) is 6.80. The van der Waals surface area contributed by atoms with E-state index in [0.717, 1.165) is 22.2 Å². The molecule has 2 aromatic rings. The van der Waals surface area contributed by atoms with E-state index in [2.05, 4.69) is 28.2 Å². The smallest absolute Gasteiger partial charge is 0.348 e. The van der Waals surface area contributed by atoms with Crippen LogP contribution in [0.25, 0.3) is 9.40 Å². The Bertz CT molecular complexity index is 586. The Morgan fingerprint density at radius 2 is 2.05 bits per heavy atom. The molecule has 0 bridgehead atoms. The monoisotopic (exact) mass is 374 g/mol. The van der Waals surface area contributed by atoms with Crippen molar-refractivity contribution < 1.29 is 9.53 Å². The van der Waals surface area contributed by atoms with Crippen LogP contribution in [-0.4, -0.2) is 12.6 Å². The Kier molecular flexibility index (Phi) is 6.05. The topological polar surface area (TPSA) is 26.3 Å². The summed E-state index contributed by atoms with van der Waals surface area (Å²) in [6, 6.07) is 0. The van der Waals surface area contributed by atoms with Crippen molar-refractivity contribution in [3.63, 3.8) is 0 Å². The molecule has 0 amide bonds. The molecule has 0 N–H and O–H groups in total. The van der Waals surface area contributed by atoms with Gasteiger partial charge < -0.3 is 4.74 Å². The van der Waals surface area contributed by atoms with Gasteiger partial charge in [-0.05, 0) is 41.3 Å². The van der Waals surface area contributed by atoms with E-state index in [1.807, 2.05) is 6.92 Å². The summed E-state index contributed by atoms with van der Waals surface area (Å²) in [5.74, 6) is -0.168. The number of thiophene rings is 2. The van der Waals surface area contributed by atoms with Crippen LogP contribution in [0.4, 0.5) is 0 Å². The Labute approximate surface area is 136 Å². The van der Waals surface area contributed by atoms with Gasteiger partial charge in [-0.2, -0.15) is 0 Å². The van der Waals surface area contributed by atoms with E-state index < -0.39 is 0 Å². The summed E-state index contributed by atoms with van der Waals surface area (Å²) in [6.07, 6.45) is 5.83. The predicted octanol–water partition coefficient (Wildman–Crippen LogP) is 6.02. The Balaban J connectivity index is 2.27. The number of carbonyl (C=O) groups is 1. The van der Waals surface area contributed by atoms with Gasteiger partial charge in [-0.15, -0.1) is 22.7 Å². The highest BCUT2D eigenvalue weighted by Gasteiger charge is 2.21. The first kappa shape index (κ1) is 16.0. The molecule has 0 radical (unpaired) electrons. The Hall–Kier alpha value is -0.390. The fourth-order valence-corrected chi connectivity index (χ4v) is 5.42. The second-order valence-corrected chi connectivity index (χ2v) is 7.44. The van der Waals surface area contributed by atoms with Crippen LogP contribution in [0.5, 0.6) is 0 Å². The molecule has 0 aliphatic rings. The average Bonchev–Trinajstić information content (AvgIpc) is 2.96. The van der Waals surface area contributed by atoms with Gasteiger partial charge in [-0.3, -0.25) is 0 Å². The zero-order chi connectivity index (χ0) is 14.5. The molecule has 0 spiro atoms. The van der Waals surface area contributed by atoms with Crippen LogP contribution in [-0.2, 0) is 11.2 Å². The van der Waals surface area contributed by atoms with Crippen molar-refractivity contribution in [2.75, 3.05) is 6.61 Å². The van der Waals surface area contributed by atoms with Crippen LogP contribution in [0.1, 0.15) is 54.8 Å². The van der Waals surface area contributed by atoms with Gasteiger partial charge in [0.25, 0.3) is 0 Å². The summed E-state index contributed by atoms with van der Waals surface area (Å²) in [7, 11) is 0. The van der Waals surface area contributed by atoms with Crippen LogP contribution < -0.4 is 0 Å². The number of halogens is 1. The highest BCUT2D eigenvalue weighted by Crippen LogP contribution is 2.41. The lowest BCUT2D eigenvalue weighted by Crippen LogP contribution is -2.05. The van der Waals surface area contributed by atoms with Crippen molar-refractivity contribution in [2.45, 2.75) is 46.0 Å². The molecule has 0 unspecified atom stereocenters. The number of unbranched alkanes of at least 4 members (excludes halogenated alkanes) is 3. The Morgan fingerprint density at radius 1 is 1.25 bits per heavy atom. The minimum atomic E-state index is -0.168. The van der Waals surface area contributed by atoms with Crippen molar-refractivity contribution in [1.29, 1.82) is 0 Å². The van der Waals surface area contributed by atoms with Gasteiger partial charge >= 0.3 is 5.97 Å². The lowest BCUT2D eigenvalue weighted by atomic mass is 10.1. The number of rotatable bonds is 7. The molecule has 0 atom stereocenters. The zero-order valence-electron chi connectivity index (χ0n) is 11.8. The summed E-state index contributed by atoms with van der Waals surface area (Å²) < 4.78 is 8.72. The molecular formula is C15H19BrO2S2. The molecule has 0 saturated heterocycles. The lowest BCUT2D eigenvalue weighted by molar-refractivity contribution is 0.0531. The summed E-state index contributed by atoms with van der Waals surface area (Å²) in [5.41, 5.74) is 1.19. The van der Waals surface area contributed by atoms with Gasteiger partial charge in [0.05, 0.1) is 16.0 Å². The van der Waals surface area contributed by atoms with Gasteiger partial charge in [0.2, 0.25) is 0 Å². The number of hydrogen-bond donors (Lipinski definition) is 0. The van der Waals surface area contributed by atoms with Crippen molar-refractivity contribution in [2.24, 2.45) is 0 Å². The summed E-state index contributed by atoms with van der Waals surface area (Å²) in [6.45, 7) is 4.49. The number of esters is 1. The second kappa shape index (κ2) is 7.57. The third kappa shape index (κ3) is 3.43. The van der Waals surface area contributed by atoms with Gasteiger partial charge in [0, 0.05) is 9.85 Å². The lowest BCUT2D eigenvalue weighted by Gasteiger charge is -2.04. The predicted molar refractivity (Wildman–Crippen MR) is 91.2 cm³/mol. The standard InChI is InChI=1S/C15H19BrO2S2/c1-3-5-6-7-8-10-12-14(11(16)9-19-12)20-13(10)15(17)18-4-2/h9H,3-8H2,1-2H3. The Morgan fingerprint density at radius 3 is 2.75 bits per heavy atom. The number of aryl methyl sites for hydroxylation is 1. The van der Waals surface area contributed by atoms with Crippen molar-refractivity contribution in [1.82, 2.24) is 0 Å². The first-order valence-corrected chi connectivity index (χ1v) is 9.53. The maximum absolute atomic E-state index is 12.1. The number of ether oxygens (including phenoxy) is 1. The molecule has 0 fully saturated rings. The average molecular weight is 375 g/mol. The molecular weight excluding hydrogens is 356 g/mol. The van der Waals surface area contributed by atoms with Gasteiger partial charge in [0.15, 0.2) is 0 Å².